The maximum absolute atomic E-state index is 11.7. The number of nitrogens with one attached hydrogen (secondary N) is 1. The molecule has 0 saturated carbocycles. The summed E-state index contributed by atoms with van der Waals surface area (Å²) < 4.78 is 4.93. The Labute approximate surface area is 106 Å². The second-order valence-corrected chi connectivity index (χ2v) is 4.43. The van der Waals surface area contributed by atoms with E-state index in [-0.39, 0.29) is 28.3 Å². The first kappa shape index (κ1) is 13.6. The molecule has 0 bridgehead atoms. The van der Waals surface area contributed by atoms with Crippen LogP contribution in [0.1, 0.15) is 23.7 Å². The van der Waals surface area contributed by atoms with Crippen molar-refractivity contribution in [2.24, 2.45) is 0 Å². The Bertz CT molecular complexity index is 393. The van der Waals surface area contributed by atoms with Gasteiger partial charge >= 0.3 is 0 Å². The number of ether oxygens (including phenoxy) is 1. The SMILES string of the molecule is COc1cccc(C(=O)NCCC(C)Cl)c1O. The van der Waals surface area contributed by atoms with Gasteiger partial charge in [0.15, 0.2) is 11.5 Å². The van der Waals surface area contributed by atoms with Gasteiger partial charge in [-0.25, -0.2) is 0 Å². The van der Waals surface area contributed by atoms with Crippen molar-refractivity contribution in [2.45, 2.75) is 18.7 Å². The van der Waals surface area contributed by atoms with Gasteiger partial charge < -0.3 is 15.2 Å². The molecule has 0 fully saturated rings. The van der Waals surface area contributed by atoms with Gasteiger partial charge in [0.1, 0.15) is 0 Å². The topological polar surface area (TPSA) is 58.6 Å². The van der Waals surface area contributed by atoms with Gasteiger partial charge in [-0.15, -0.1) is 11.6 Å². The average Bonchev–Trinajstić information content (AvgIpc) is 2.28. The zero-order valence-corrected chi connectivity index (χ0v) is 10.6. The monoisotopic (exact) mass is 257 g/mol. The fourth-order valence-electron chi connectivity index (χ4n) is 1.35. The molecule has 0 radical (unpaired) electrons. The van der Waals surface area contributed by atoms with Gasteiger partial charge in [-0.05, 0) is 25.5 Å². The van der Waals surface area contributed by atoms with Crippen LogP contribution in [0.5, 0.6) is 11.5 Å². The molecule has 1 aromatic rings. The van der Waals surface area contributed by atoms with Gasteiger partial charge in [0.25, 0.3) is 5.91 Å². The Morgan fingerprint density at radius 1 is 1.59 bits per heavy atom. The van der Waals surface area contributed by atoms with Crippen molar-refractivity contribution in [2.75, 3.05) is 13.7 Å². The van der Waals surface area contributed by atoms with E-state index in [1.165, 1.54) is 13.2 Å². The minimum absolute atomic E-state index is 0.00852. The van der Waals surface area contributed by atoms with Crippen molar-refractivity contribution < 1.29 is 14.6 Å². The van der Waals surface area contributed by atoms with Crippen LogP contribution in [-0.4, -0.2) is 30.0 Å². The number of rotatable bonds is 5. The van der Waals surface area contributed by atoms with Crippen LogP contribution < -0.4 is 10.1 Å². The van der Waals surface area contributed by atoms with Crippen LogP contribution in [-0.2, 0) is 0 Å². The molecule has 1 amide bonds. The number of amides is 1. The van der Waals surface area contributed by atoms with Gasteiger partial charge in [0.05, 0.1) is 12.7 Å². The van der Waals surface area contributed by atoms with E-state index in [1.54, 1.807) is 12.1 Å². The molecular weight excluding hydrogens is 242 g/mol. The van der Waals surface area contributed by atoms with Crippen LogP contribution in [0.25, 0.3) is 0 Å². The highest BCUT2D eigenvalue weighted by molar-refractivity contribution is 6.20. The highest BCUT2D eigenvalue weighted by Crippen LogP contribution is 2.29. The number of aromatic hydroxyl groups is 1. The van der Waals surface area contributed by atoms with Crippen molar-refractivity contribution in [3.63, 3.8) is 0 Å². The third-order valence-electron chi connectivity index (χ3n) is 2.29. The molecule has 1 unspecified atom stereocenters. The lowest BCUT2D eigenvalue weighted by atomic mass is 10.1. The number of hydrogen-bond donors (Lipinski definition) is 2. The van der Waals surface area contributed by atoms with E-state index in [0.717, 1.165) is 0 Å². The summed E-state index contributed by atoms with van der Waals surface area (Å²) in [6.45, 7) is 2.33. The Morgan fingerprint density at radius 3 is 2.88 bits per heavy atom. The van der Waals surface area contributed by atoms with Crippen molar-refractivity contribution in [3.05, 3.63) is 23.8 Å². The lowest BCUT2D eigenvalue weighted by Crippen LogP contribution is -2.25. The van der Waals surface area contributed by atoms with Crippen LogP contribution in [0.4, 0.5) is 0 Å². The number of benzene rings is 1. The first-order valence-electron chi connectivity index (χ1n) is 5.34. The third-order valence-corrected chi connectivity index (χ3v) is 2.51. The lowest BCUT2D eigenvalue weighted by Gasteiger charge is -2.09. The number of methoxy groups -OCH3 is 1. The quantitative estimate of drug-likeness (QED) is 0.795. The fourth-order valence-corrected chi connectivity index (χ4v) is 1.46. The van der Waals surface area contributed by atoms with Crippen molar-refractivity contribution in [1.29, 1.82) is 0 Å². The maximum Gasteiger partial charge on any atom is 0.255 e. The molecule has 0 aliphatic rings. The summed E-state index contributed by atoms with van der Waals surface area (Å²) in [4.78, 5) is 11.7. The summed E-state index contributed by atoms with van der Waals surface area (Å²) in [6.07, 6.45) is 0.679. The van der Waals surface area contributed by atoms with E-state index < -0.39 is 0 Å². The first-order valence-corrected chi connectivity index (χ1v) is 5.78. The zero-order valence-electron chi connectivity index (χ0n) is 9.87. The molecule has 94 valence electrons. The number of phenols is 1. The van der Waals surface area contributed by atoms with Gasteiger partial charge in [-0.3, -0.25) is 4.79 Å². The van der Waals surface area contributed by atoms with E-state index in [4.69, 9.17) is 16.3 Å². The molecule has 0 heterocycles. The van der Waals surface area contributed by atoms with Gasteiger partial charge in [-0.1, -0.05) is 6.07 Å². The predicted molar refractivity (Wildman–Crippen MR) is 66.9 cm³/mol. The number of carbonyl (C=O) groups is 1. The van der Waals surface area contributed by atoms with Crippen molar-refractivity contribution >= 4 is 17.5 Å². The normalized spacial score (nSPS) is 11.9. The van der Waals surface area contributed by atoms with E-state index >= 15 is 0 Å². The fraction of sp³-hybridized carbons (Fsp3) is 0.417. The Morgan fingerprint density at radius 2 is 2.29 bits per heavy atom. The highest BCUT2D eigenvalue weighted by Gasteiger charge is 2.14. The molecule has 1 rings (SSSR count). The van der Waals surface area contributed by atoms with Crippen molar-refractivity contribution in [1.82, 2.24) is 5.32 Å². The van der Waals surface area contributed by atoms with Gasteiger partial charge in [0.2, 0.25) is 0 Å². The van der Waals surface area contributed by atoms with Crippen LogP contribution in [0.2, 0.25) is 0 Å². The predicted octanol–water partition coefficient (Wildman–Crippen LogP) is 2.15. The lowest BCUT2D eigenvalue weighted by molar-refractivity contribution is 0.0950. The molecule has 2 N–H and O–H groups in total. The average molecular weight is 258 g/mol. The molecule has 0 saturated heterocycles. The standard InChI is InChI=1S/C12H16ClNO3/c1-8(13)6-7-14-12(16)9-4-3-5-10(17-2)11(9)15/h3-5,8,15H,6-7H2,1-2H3,(H,14,16). The number of alkyl halides is 1. The third kappa shape index (κ3) is 3.82. The molecule has 0 aliphatic heterocycles. The minimum atomic E-state index is -0.335. The first-order chi connectivity index (χ1) is 8.06. The Balaban J connectivity index is 2.69. The van der Waals surface area contributed by atoms with Crippen LogP contribution in [0.3, 0.4) is 0 Å². The zero-order chi connectivity index (χ0) is 12.8. The molecule has 5 heteroatoms. The molecule has 0 aliphatic carbocycles. The molecule has 1 aromatic carbocycles. The number of carbonyl (C=O) groups excluding carboxylic acids is 1. The van der Waals surface area contributed by atoms with Crippen LogP contribution >= 0.6 is 11.6 Å². The number of halogens is 1. The summed E-state index contributed by atoms with van der Waals surface area (Å²) in [6, 6.07) is 4.78. The Kier molecular flexibility index (Phi) is 5.10. The smallest absolute Gasteiger partial charge is 0.255 e. The maximum atomic E-state index is 11.7. The summed E-state index contributed by atoms with van der Waals surface area (Å²) in [5, 5.41) is 12.4. The van der Waals surface area contributed by atoms with Crippen LogP contribution in [0.15, 0.2) is 18.2 Å². The van der Waals surface area contributed by atoms with E-state index in [1.807, 2.05) is 6.92 Å². The molecule has 1 atom stereocenters. The largest absolute Gasteiger partial charge is 0.504 e. The van der Waals surface area contributed by atoms with Crippen molar-refractivity contribution in [3.8, 4) is 11.5 Å². The summed E-state index contributed by atoms with van der Waals surface area (Å²) in [5.41, 5.74) is 0.201. The molecule has 0 aromatic heterocycles. The summed E-state index contributed by atoms with van der Waals surface area (Å²) >= 11 is 5.77. The molecule has 4 nitrogen and oxygen atoms in total. The van der Waals surface area contributed by atoms with E-state index in [2.05, 4.69) is 5.32 Å². The van der Waals surface area contributed by atoms with E-state index in [0.29, 0.717) is 13.0 Å². The van der Waals surface area contributed by atoms with E-state index in [9.17, 15) is 9.90 Å². The minimum Gasteiger partial charge on any atom is -0.504 e. The summed E-state index contributed by atoms with van der Waals surface area (Å²) in [7, 11) is 1.44. The second-order valence-electron chi connectivity index (χ2n) is 3.68. The Hall–Kier alpha value is -1.42. The number of hydrogen-bond acceptors (Lipinski definition) is 3. The molecule has 17 heavy (non-hydrogen) atoms. The van der Waals surface area contributed by atoms with Crippen LogP contribution in [0, 0.1) is 0 Å². The highest BCUT2D eigenvalue weighted by atomic mass is 35.5. The summed E-state index contributed by atoms with van der Waals surface area (Å²) in [5.74, 6) is -0.200. The van der Waals surface area contributed by atoms with Gasteiger partial charge in [0, 0.05) is 11.9 Å². The second kappa shape index (κ2) is 6.35. The molecular formula is C12H16ClNO3. The van der Waals surface area contributed by atoms with Gasteiger partial charge in [-0.2, -0.15) is 0 Å². The number of para-hydroxylation sites is 1. The number of phenolic OH excluding ortho intramolecular Hbond substituents is 1. The molecule has 0 spiro atoms.